The van der Waals surface area contributed by atoms with Crippen LogP contribution in [-0.4, -0.2) is 18.9 Å². The largest absolute Gasteiger partial charge is 0.468 e. The summed E-state index contributed by atoms with van der Waals surface area (Å²) in [7, 11) is 1.30. The van der Waals surface area contributed by atoms with Crippen molar-refractivity contribution in [3.05, 3.63) is 33.8 Å². The summed E-state index contributed by atoms with van der Waals surface area (Å²) in [5, 5.41) is 0. The lowest BCUT2D eigenvalue weighted by Crippen LogP contribution is -2.25. The molecular weight excluding hydrogens is 284 g/mol. The van der Waals surface area contributed by atoms with Gasteiger partial charge in [-0.1, -0.05) is 28.9 Å². The predicted octanol–water partition coefficient (Wildman–Crippen LogP) is 3.14. The Morgan fingerprint density at radius 3 is 2.59 bits per heavy atom. The fraction of sp³-hybridized carbons (Fsp3) is 0.385. The predicted molar refractivity (Wildman–Crippen MR) is 69.0 cm³/mol. The summed E-state index contributed by atoms with van der Waals surface area (Å²) >= 11 is 3.32. The molecule has 0 fully saturated rings. The van der Waals surface area contributed by atoms with Crippen molar-refractivity contribution in [2.45, 2.75) is 20.3 Å². The maximum atomic E-state index is 12.2. The van der Waals surface area contributed by atoms with Gasteiger partial charge in [0.1, 0.15) is 5.92 Å². The number of carbonyl (C=O) groups excluding carboxylic acids is 2. The van der Waals surface area contributed by atoms with Gasteiger partial charge in [0.15, 0.2) is 5.78 Å². The summed E-state index contributed by atoms with van der Waals surface area (Å²) in [6.07, 6.45) is 0.442. The minimum absolute atomic E-state index is 0.182. The van der Waals surface area contributed by atoms with E-state index in [4.69, 9.17) is 0 Å². The lowest BCUT2D eigenvalue weighted by atomic mass is 9.93. The van der Waals surface area contributed by atoms with E-state index in [0.29, 0.717) is 12.0 Å². The highest BCUT2D eigenvalue weighted by atomic mass is 79.9. The van der Waals surface area contributed by atoms with Crippen molar-refractivity contribution >= 4 is 27.7 Å². The lowest BCUT2D eigenvalue weighted by Gasteiger charge is -2.13. The number of aryl methyl sites for hydroxylation is 1. The molecule has 0 aliphatic carbocycles. The molecule has 0 N–H and O–H groups in total. The van der Waals surface area contributed by atoms with Gasteiger partial charge in [0.25, 0.3) is 0 Å². The van der Waals surface area contributed by atoms with E-state index in [-0.39, 0.29) is 5.78 Å². The average molecular weight is 299 g/mol. The monoisotopic (exact) mass is 298 g/mol. The number of carbonyl (C=O) groups is 2. The standard InChI is InChI=1S/C13H15BrO3/c1-4-10(13(16)17-3)12(15)11-7-9(14)6-5-8(11)2/h5-7,10H,4H2,1-3H3. The summed E-state index contributed by atoms with van der Waals surface area (Å²) < 4.78 is 5.47. The van der Waals surface area contributed by atoms with Gasteiger partial charge < -0.3 is 4.74 Å². The zero-order valence-corrected chi connectivity index (χ0v) is 11.7. The first kappa shape index (κ1) is 13.9. The van der Waals surface area contributed by atoms with Gasteiger partial charge in [0.05, 0.1) is 7.11 Å². The Hall–Kier alpha value is -1.16. The maximum absolute atomic E-state index is 12.2. The van der Waals surface area contributed by atoms with E-state index in [1.54, 1.807) is 13.0 Å². The number of ketones is 1. The third kappa shape index (κ3) is 3.16. The number of esters is 1. The minimum atomic E-state index is -0.715. The quantitative estimate of drug-likeness (QED) is 0.487. The van der Waals surface area contributed by atoms with Gasteiger partial charge >= 0.3 is 5.97 Å². The summed E-state index contributed by atoms with van der Waals surface area (Å²) in [5.74, 6) is -1.37. The van der Waals surface area contributed by atoms with Crippen molar-refractivity contribution in [3.63, 3.8) is 0 Å². The van der Waals surface area contributed by atoms with Crippen molar-refractivity contribution in [2.75, 3.05) is 7.11 Å². The van der Waals surface area contributed by atoms with Crippen LogP contribution in [0.3, 0.4) is 0 Å². The third-order valence-electron chi connectivity index (χ3n) is 2.68. The number of rotatable bonds is 4. The Morgan fingerprint density at radius 2 is 2.06 bits per heavy atom. The summed E-state index contributed by atoms with van der Waals surface area (Å²) in [4.78, 5) is 23.7. The number of methoxy groups -OCH3 is 1. The molecule has 0 aliphatic rings. The Kier molecular flexibility index (Phi) is 4.87. The topological polar surface area (TPSA) is 43.4 Å². The second-order valence-electron chi connectivity index (χ2n) is 3.81. The molecule has 0 aliphatic heterocycles. The fourth-order valence-electron chi connectivity index (χ4n) is 1.65. The molecule has 0 bridgehead atoms. The number of ether oxygens (including phenoxy) is 1. The van der Waals surface area contributed by atoms with Crippen LogP contribution in [0, 0.1) is 12.8 Å². The van der Waals surface area contributed by atoms with Crippen LogP contribution in [0.1, 0.15) is 29.3 Å². The average Bonchev–Trinajstić information content (AvgIpc) is 2.32. The molecule has 1 aromatic rings. The van der Waals surface area contributed by atoms with Crippen LogP contribution >= 0.6 is 15.9 Å². The van der Waals surface area contributed by atoms with Crippen LogP contribution in [0.15, 0.2) is 22.7 Å². The molecular formula is C13H15BrO3. The van der Waals surface area contributed by atoms with Gasteiger partial charge in [-0.25, -0.2) is 0 Å². The van der Waals surface area contributed by atoms with E-state index in [1.165, 1.54) is 7.11 Å². The van der Waals surface area contributed by atoms with Gasteiger partial charge in [0, 0.05) is 10.0 Å². The molecule has 4 heteroatoms. The van der Waals surface area contributed by atoms with E-state index in [2.05, 4.69) is 20.7 Å². The van der Waals surface area contributed by atoms with Crippen LogP contribution in [0.2, 0.25) is 0 Å². The third-order valence-corrected chi connectivity index (χ3v) is 3.17. The van der Waals surface area contributed by atoms with Gasteiger partial charge in [-0.05, 0) is 31.0 Å². The molecule has 0 radical (unpaired) electrons. The summed E-state index contributed by atoms with van der Waals surface area (Å²) in [6, 6.07) is 5.45. The van der Waals surface area contributed by atoms with Crippen LogP contribution in [0.5, 0.6) is 0 Å². The van der Waals surface area contributed by atoms with Crippen molar-refractivity contribution in [1.29, 1.82) is 0 Å². The molecule has 3 nitrogen and oxygen atoms in total. The Balaban J connectivity index is 3.10. The molecule has 1 unspecified atom stereocenters. The highest BCUT2D eigenvalue weighted by Crippen LogP contribution is 2.21. The van der Waals surface area contributed by atoms with Gasteiger partial charge in [-0.2, -0.15) is 0 Å². The normalized spacial score (nSPS) is 12.0. The van der Waals surface area contributed by atoms with Crippen molar-refractivity contribution < 1.29 is 14.3 Å². The zero-order chi connectivity index (χ0) is 13.0. The van der Waals surface area contributed by atoms with Crippen LogP contribution in [0.4, 0.5) is 0 Å². The summed E-state index contributed by atoms with van der Waals surface area (Å²) in [5.41, 5.74) is 1.43. The Morgan fingerprint density at radius 1 is 1.41 bits per heavy atom. The fourth-order valence-corrected chi connectivity index (χ4v) is 2.01. The second-order valence-corrected chi connectivity index (χ2v) is 4.72. The van der Waals surface area contributed by atoms with Crippen LogP contribution in [0.25, 0.3) is 0 Å². The lowest BCUT2D eigenvalue weighted by molar-refractivity contribution is -0.143. The summed E-state index contributed by atoms with van der Waals surface area (Å²) in [6.45, 7) is 3.65. The highest BCUT2D eigenvalue weighted by Gasteiger charge is 2.27. The van der Waals surface area contributed by atoms with Gasteiger partial charge in [-0.15, -0.1) is 0 Å². The van der Waals surface area contributed by atoms with E-state index >= 15 is 0 Å². The van der Waals surface area contributed by atoms with Crippen LogP contribution < -0.4 is 0 Å². The van der Waals surface area contributed by atoms with E-state index in [1.807, 2.05) is 19.1 Å². The Bertz CT molecular complexity index is 440. The van der Waals surface area contributed by atoms with Gasteiger partial charge in [-0.3, -0.25) is 9.59 Å². The first-order chi connectivity index (χ1) is 8.01. The molecule has 0 spiro atoms. The maximum Gasteiger partial charge on any atom is 0.316 e. The van der Waals surface area contributed by atoms with Crippen molar-refractivity contribution in [2.24, 2.45) is 5.92 Å². The van der Waals surface area contributed by atoms with E-state index < -0.39 is 11.9 Å². The molecule has 17 heavy (non-hydrogen) atoms. The molecule has 1 atom stereocenters. The highest BCUT2D eigenvalue weighted by molar-refractivity contribution is 9.10. The SMILES string of the molecule is CCC(C(=O)OC)C(=O)c1cc(Br)ccc1C. The van der Waals surface area contributed by atoms with Gasteiger partial charge in [0.2, 0.25) is 0 Å². The van der Waals surface area contributed by atoms with Crippen molar-refractivity contribution in [3.8, 4) is 0 Å². The number of benzene rings is 1. The first-order valence-corrected chi connectivity index (χ1v) is 6.18. The minimum Gasteiger partial charge on any atom is -0.468 e. The molecule has 0 heterocycles. The van der Waals surface area contributed by atoms with E-state index in [0.717, 1.165) is 10.0 Å². The second kappa shape index (κ2) is 5.96. The van der Waals surface area contributed by atoms with Crippen molar-refractivity contribution in [1.82, 2.24) is 0 Å². The number of hydrogen-bond acceptors (Lipinski definition) is 3. The number of hydrogen-bond donors (Lipinski definition) is 0. The molecule has 0 amide bonds. The zero-order valence-electron chi connectivity index (χ0n) is 10.1. The van der Waals surface area contributed by atoms with Crippen LogP contribution in [-0.2, 0) is 9.53 Å². The molecule has 0 saturated heterocycles. The van der Waals surface area contributed by atoms with E-state index in [9.17, 15) is 9.59 Å². The molecule has 0 saturated carbocycles. The molecule has 92 valence electrons. The first-order valence-electron chi connectivity index (χ1n) is 5.39. The smallest absolute Gasteiger partial charge is 0.316 e. The molecule has 0 aromatic heterocycles. The Labute approximate surface area is 109 Å². The molecule has 1 rings (SSSR count). The number of Topliss-reactive ketones (excluding diaryl/α,β-unsaturated/α-hetero) is 1. The number of halogens is 1. The molecule has 1 aromatic carbocycles.